The Labute approximate surface area is 115 Å². The van der Waals surface area contributed by atoms with Gasteiger partial charge in [-0.2, -0.15) is 0 Å². The lowest BCUT2D eigenvalue weighted by molar-refractivity contribution is -0.135. The van der Waals surface area contributed by atoms with E-state index < -0.39 is 0 Å². The Kier molecular flexibility index (Phi) is 4.97. The van der Waals surface area contributed by atoms with Crippen molar-refractivity contribution in [2.75, 3.05) is 13.1 Å². The SMILES string of the molecule is CC(CCN)C(=O)N1CCCC1Cc1ccccc1. The first-order chi connectivity index (χ1) is 9.22. The van der Waals surface area contributed by atoms with Gasteiger partial charge in [0.15, 0.2) is 0 Å². The van der Waals surface area contributed by atoms with Crippen molar-refractivity contribution < 1.29 is 4.79 Å². The monoisotopic (exact) mass is 260 g/mol. The fourth-order valence-electron chi connectivity index (χ4n) is 2.88. The molecule has 19 heavy (non-hydrogen) atoms. The van der Waals surface area contributed by atoms with Gasteiger partial charge in [0, 0.05) is 18.5 Å². The number of carbonyl (C=O) groups excluding carboxylic acids is 1. The largest absolute Gasteiger partial charge is 0.339 e. The van der Waals surface area contributed by atoms with Gasteiger partial charge >= 0.3 is 0 Å². The zero-order valence-electron chi connectivity index (χ0n) is 11.7. The third-order valence-corrected chi connectivity index (χ3v) is 4.00. The lowest BCUT2D eigenvalue weighted by Crippen LogP contribution is -2.40. The average molecular weight is 260 g/mol. The molecule has 1 aromatic rings. The Bertz CT molecular complexity index is 404. The van der Waals surface area contributed by atoms with E-state index in [1.807, 2.05) is 13.0 Å². The van der Waals surface area contributed by atoms with Crippen LogP contribution in [0.3, 0.4) is 0 Å². The highest BCUT2D eigenvalue weighted by Crippen LogP contribution is 2.23. The maximum absolute atomic E-state index is 12.4. The summed E-state index contributed by atoms with van der Waals surface area (Å²) in [5, 5.41) is 0. The smallest absolute Gasteiger partial charge is 0.225 e. The van der Waals surface area contributed by atoms with Crippen LogP contribution in [0.15, 0.2) is 30.3 Å². The van der Waals surface area contributed by atoms with Crippen LogP contribution in [0.5, 0.6) is 0 Å². The van der Waals surface area contributed by atoms with E-state index in [-0.39, 0.29) is 11.8 Å². The standard InChI is InChI=1S/C16H24N2O/c1-13(9-10-17)16(19)18-11-5-8-15(18)12-14-6-3-2-4-7-14/h2-4,6-7,13,15H,5,8-12,17H2,1H3. The molecule has 2 atom stereocenters. The van der Waals surface area contributed by atoms with Crippen LogP contribution in [0.25, 0.3) is 0 Å². The van der Waals surface area contributed by atoms with E-state index >= 15 is 0 Å². The summed E-state index contributed by atoms with van der Waals surface area (Å²) in [7, 11) is 0. The van der Waals surface area contributed by atoms with E-state index in [4.69, 9.17) is 5.73 Å². The van der Waals surface area contributed by atoms with E-state index in [0.29, 0.717) is 12.6 Å². The van der Waals surface area contributed by atoms with Gasteiger partial charge in [-0.1, -0.05) is 37.3 Å². The average Bonchev–Trinajstić information content (AvgIpc) is 2.87. The first-order valence-corrected chi connectivity index (χ1v) is 7.27. The van der Waals surface area contributed by atoms with Crippen molar-refractivity contribution in [2.24, 2.45) is 11.7 Å². The third kappa shape index (κ3) is 3.57. The van der Waals surface area contributed by atoms with Crippen LogP contribution in [-0.2, 0) is 11.2 Å². The molecule has 2 unspecified atom stereocenters. The van der Waals surface area contributed by atoms with Crippen LogP contribution in [0.1, 0.15) is 31.7 Å². The first-order valence-electron chi connectivity index (χ1n) is 7.27. The van der Waals surface area contributed by atoms with E-state index in [1.54, 1.807) is 0 Å². The summed E-state index contributed by atoms with van der Waals surface area (Å²) in [6.07, 6.45) is 4.00. The number of benzene rings is 1. The zero-order valence-corrected chi connectivity index (χ0v) is 11.7. The summed E-state index contributed by atoms with van der Waals surface area (Å²) >= 11 is 0. The Morgan fingerprint density at radius 3 is 2.84 bits per heavy atom. The van der Waals surface area contributed by atoms with Crippen LogP contribution in [0.2, 0.25) is 0 Å². The molecule has 3 heteroatoms. The topological polar surface area (TPSA) is 46.3 Å². The summed E-state index contributed by atoms with van der Waals surface area (Å²) in [5.74, 6) is 0.338. The first kappa shape index (κ1) is 14.1. The summed E-state index contributed by atoms with van der Waals surface area (Å²) in [6, 6.07) is 10.8. The minimum absolute atomic E-state index is 0.0568. The van der Waals surface area contributed by atoms with Crippen molar-refractivity contribution in [1.82, 2.24) is 4.90 Å². The highest BCUT2D eigenvalue weighted by atomic mass is 16.2. The maximum Gasteiger partial charge on any atom is 0.225 e. The van der Waals surface area contributed by atoms with Gasteiger partial charge in [-0.3, -0.25) is 4.79 Å². The molecule has 1 fully saturated rings. The summed E-state index contributed by atoms with van der Waals surface area (Å²) in [6.45, 7) is 3.49. The number of rotatable bonds is 5. The molecular weight excluding hydrogens is 236 g/mol. The van der Waals surface area contributed by atoms with Crippen molar-refractivity contribution >= 4 is 5.91 Å². The van der Waals surface area contributed by atoms with Crippen molar-refractivity contribution in [3.05, 3.63) is 35.9 Å². The van der Waals surface area contributed by atoms with Gasteiger partial charge in [-0.15, -0.1) is 0 Å². The normalized spacial score (nSPS) is 20.5. The molecule has 2 rings (SSSR count). The molecule has 1 aromatic carbocycles. The predicted octanol–water partition coefficient (Wildman–Crippen LogP) is 2.20. The Morgan fingerprint density at radius 1 is 1.42 bits per heavy atom. The minimum Gasteiger partial charge on any atom is -0.339 e. The molecule has 2 N–H and O–H groups in total. The second-order valence-electron chi connectivity index (χ2n) is 5.50. The molecule has 104 valence electrons. The summed E-state index contributed by atoms with van der Waals surface area (Å²) in [5.41, 5.74) is 6.87. The van der Waals surface area contributed by atoms with Crippen molar-refractivity contribution in [3.63, 3.8) is 0 Å². The number of amides is 1. The lowest BCUT2D eigenvalue weighted by Gasteiger charge is -2.27. The van der Waals surface area contributed by atoms with E-state index in [9.17, 15) is 4.79 Å². The van der Waals surface area contributed by atoms with Gasteiger partial charge in [0.2, 0.25) is 5.91 Å². The van der Waals surface area contributed by atoms with E-state index in [0.717, 1.165) is 32.2 Å². The fraction of sp³-hybridized carbons (Fsp3) is 0.562. The quantitative estimate of drug-likeness (QED) is 0.882. The highest BCUT2D eigenvalue weighted by Gasteiger charge is 2.30. The molecule has 0 aromatic heterocycles. The molecule has 0 spiro atoms. The fourth-order valence-corrected chi connectivity index (χ4v) is 2.88. The lowest BCUT2D eigenvalue weighted by atomic mass is 10.0. The summed E-state index contributed by atoms with van der Waals surface area (Å²) in [4.78, 5) is 14.5. The number of likely N-dealkylation sites (tertiary alicyclic amines) is 1. The summed E-state index contributed by atoms with van der Waals surface area (Å²) < 4.78 is 0. The number of nitrogens with zero attached hydrogens (tertiary/aromatic N) is 1. The molecule has 3 nitrogen and oxygen atoms in total. The Morgan fingerprint density at radius 2 is 2.16 bits per heavy atom. The molecule has 1 heterocycles. The highest BCUT2D eigenvalue weighted by molar-refractivity contribution is 5.79. The van der Waals surface area contributed by atoms with Crippen LogP contribution in [0.4, 0.5) is 0 Å². The van der Waals surface area contributed by atoms with Gasteiger partial charge in [0.05, 0.1) is 0 Å². The van der Waals surface area contributed by atoms with E-state index in [2.05, 4.69) is 29.2 Å². The van der Waals surface area contributed by atoms with Crippen LogP contribution < -0.4 is 5.73 Å². The molecule has 0 bridgehead atoms. The number of hydrogen-bond acceptors (Lipinski definition) is 2. The van der Waals surface area contributed by atoms with Crippen LogP contribution in [-0.4, -0.2) is 29.9 Å². The molecule has 0 aliphatic carbocycles. The van der Waals surface area contributed by atoms with E-state index in [1.165, 1.54) is 5.56 Å². The predicted molar refractivity (Wildman–Crippen MR) is 77.7 cm³/mol. The van der Waals surface area contributed by atoms with Crippen molar-refractivity contribution in [2.45, 2.75) is 38.6 Å². The molecule has 1 amide bonds. The van der Waals surface area contributed by atoms with Crippen molar-refractivity contribution in [1.29, 1.82) is 0 Å². The second kappa shape index (κ2) is 6.71. The minimum atomic E-state index is 0.0568. The van der Waals surface area contributed by atoms with Crippen LogP contribution >= 0.6 is 0 Å². The molecule has 1 saturated heterocycles. The number of nitrogens with two attached hydrogens (primary N) is 1. The molecule has 0 saturated carbocycles. The third-order valence-electron chi connectivity index (χ3n) is 4.00. The zero-order chi connectivity index (χ0) is 13.7. The van der Waals surface area contributed by atoms with Gasteiger partial charge in [0.25, 0.3) is 0 Å². The van der Waals surface area contributed by atoms with Crippen molar-refractivity contribution in [3.8, 4) is 0 Å². The number of carbonyl (C=O) groups is 1. The Hall–Kier alpha value is -1.35. The Balaban J connectivity index is 1.99. The molecule has 0 radical (unpaired) electrons. The molecule has 1 aliphatic heterocycles. The maximum atomic E-state index is 12.4. The number of hydrogen-bond donors (Lipinski definition) is 1. The van der Waals surface area contributed by atoms with Gasteiger partial charge in [0.1, 0.15) is 0 Å². The van der Waals surface area contributed by atoms with Gasteiger partial charge in [-0.05, 0) is 37.8 Å². The van der Waals surface area contributed by atoms with Gasteiger partial charge in [-0.25, -0.2) is 0 Å². The second-order valence-corrected chi connectivity index (χ2v) is 5.50. The molecule has 1 aliphatic rings. The van der Waals surface area contributed by atoms with Crippen LogP contribution in [0, 0.1) is 5.92 Å². The molecular formula is C16H24N2O. The van der Waals surface area contributed by atoms with Gasteiger partial charge < -0.3 is 10.6 Å².